The molecule has 30 heavy (non-hydrogen) atoms. The molecular weight excluding hydrogens is 513 g/mol. The Morgan fingerprint density at radius 2 is 2.07 bits per heavy atom. The number of ether oxygens (including phenoxy) is 2. The van der Waals surface area contributed by atoms with E-state index in [1.807, 2.05) is 51.1 Å². The minimum Gasteiger partial charge on any atom is -0.492 e. The van der Waals surface area contributed by atoms with Crippen molar-refractivity contribution in [2.75, 3.05) is 6.61 Å². The molecule has 1 aliphatic heterocycles. The molecule has 3 rings (SSSR count). The zero-order valence-corrected chi connectivity index (χ0v) is 20.1. The van der Waals surface area contributed by atoms with Crippen molar-refractivity contribution in [1.82, 2.24) is 5.32 Å². The molecule has 1 aliphatic rings. The zero-order chi connectivity index (χ0) is 21.7. The summed E-state index contributed by atoms with van der Waals surface area (Å²) in [5.41, 5.74) is 4.99. The monoisotopic (exact) mass is 537 g/mol. The van der Waals surface area contributed by atoms with Gasteiger partial charge in [0, 0.05) is 50.9 Å². The summed E-state index contributed by atoms with van der Waals surface area (Å²) in [4.78, 5) is 12.1. The zero-order valence-electron chi connectivity index (χ0n) is 17.2. The average Bonchev–Trinajstić information content (AvgIpc) is 3.18. The first kappa shape index (κ1) is 22.8. The third-order valence-corrected chi connectivity index (χ3v) is 5.44. The summed E-state index contributed by atoms with van der Waals surface area (Å²) in [5, 5.41) is 15.8. The first-order valence-electron chi connectivity index (χ1n) is 9.59. The Morgan fingerprint density at radius 3 is 2.70 bits per heavy atom. The molecule has 0 fully saturated rings. The van der Waals surface area contributed by atoms with E-state index in [9.17, 15) is 9.90 Å². The van der Waals surface area contributed by atoms with Gasteiger partial charge in [-0.2, -0.15) is 0 Å². The van der Waals surface area contributed by atoms with Gasteiger partial charge in [0.15, 0.2) is 0 Å². The second kappa shape index (κ2) is 9.94. The van der Waals surface area contributed by atoms with Crippen molar-refractivity contribution in [2.45, 2.75) is 45.9 Å². The molecule has 2 aromatic carbocycles. The molecule has 0 bridgehead atoms. The molecule has 2 N–H and O–H groups in total. The highest BCUT2D eigenvalue weighted by Crippen LogP contribution is 2.41. The third kappa shape index (κ3) is 5.62. The predicted molar refractivity (Wildman–Crippen MR) is 129 cm³/mol. The third-order valence-electron chi connectivity index (χ3n) is 4.60. The number of alkyl carbamates (subject to hydrolysis) is 1. The summed E-state index contributed by atoms with van der Waals surface area (Å²) in [6.07, 6.45) is 0.246. The van der Waals surface area contributed by atoms with Gasteiger partial charge in [0.05, 0.1) is 13.2 Å². The van der Waals surface area contributed by atoms with Gasteiger partial charge in [0.2, 0.25) is 0 Å². The number of amides is 1. The van der Waals surface area contributed by atoms with E-state index < -0.39 is 11.7 Å². The van der Waals surface area contributed by atoms with Gasteiger partial charge in [-0.05, 0) is 69.8 Å². The predicted octanol–water partition coefficient (Wildman–Crippen LogP) is 5.20. The van der Waals surface area contributed by atoms with Crippen molar-refractivity contribution in [3.05, 3.63) is 52.6 Å². The van der Waals surface area contributed by atoms with Gasteiger partial charge in [-0.3, -0.25) is 0 Å². The highest BCUT2D eigenvalue weighted by Gasteiger charge is 2.24. The lowest BCUT2D eigenvalue weighted by Crippen LogP contribution is -2.32. The standard InChI is InChI=1S/C23H24INO4S/c1-23(2,3)29-22(27)25-13-17-12-19(21-18(8-10-28-21)20(17)14-26)16-6-4-15(5-7-16)9-11-30-24/h4-7,12,26H,8,10,13-14H2,1-3H3,(H,25,27). The van der Waals surface area contributed by atoms with Gasteiger partial charge in [0.25, 0.3) is 0 Å². The number of hydrogen-bond donors (Lipinski definition) is 2. The van der Waals surface area contributed by atoms with Crippen LogP contribution >= 0.6 is 30.1 Å². The van der Waals surface area contributed by atoms with E-state index in [1.54, 1.807) is 0 Å². The Hall–Kier alpha value is -1.89. The van der Waals surface area contributed by atoms with Gasteiger partial charge in [-0.15, -0.1) is 0 Å². The molecule has 158 valence electrons. The number of rotatable bonds is 4. The number of nitrogens with one attached hydrogen (secondary N) is 1. The summed E-state index contributed by atoms with van der Waals surface area (Å²) in [6, 6.07) is 9.98. The number of benzene rings is 2. The van der Waals surface area contributed by atoms with E-state index in [1.165, 1.54) is 8.93 Å². The summed E-state index contributed by atoms with van der Waals surface area (Å²) >= 11 is 2.15. The van der Waals surface area contributed by atoms with E-state index >= 15 is 0 Å². The van der Waals surface area contributed by atoms with Crippen LogP contribution in [0.3, 0.4) is 0 Å². The van der Waals surface area contributed by atoms with E-state index in [2.05, 4.69) is 37.7 Å². The van der Waals surface area contributed by atoms with Crippen LogP contribution in [0.1, 0.15) is 43.0 Å². The number of carbonyl (C=O) groups excluding carboxylic acids is 1. The lowest BCUT2D eigenvalue weighted by atomic mass is 9.92. The first-order chi connectivity index (χ1) is 14.3. The van der Waals surface area contributed by atoms with Gasteiger partial charge in [-0.25, -0.2) is 4.79 Å². The molecule has 0 aliphatic carbocycles. The van der Waals surface area contributed by atoms with Crippen LogP contribution in [0.4, 0.5) is 4.79 Å². The Bertz CT molecular complexity index is 987. The van der Waals surface area contributed by atoms with E-state index in [4.69, 9.17) is 9.47 Å². The summed E-state index contributed by atoms with van der Waals surface area (Å²) in [7, 11) is 1.45. The molecule has 1 amide bonds. The van der Waals surface area contributed by atoms with Crippen LogP contribution in [0.15, 0.2) is 30.3 Å². The quantitative estimate of drug-likeness (QED) is 0.415. The van der Waals surface area contributed by atoms with Gasteiger partial charge >= 0.3 is 6.09 Å². The number of halogens is 1. The largest absolute Gasteiger partial charge is 0.492 e. The highest BCUT2D eigenvalue weighted by atomic mass is 127. The Kier molecular flexibility index (Phi) is 7.55. The minimum atomic E-state index is -0.568. The number of aliphatic hydroxyl groups is 1. The van der Waals surface area contributed by atoms with Gasteiger partial charge in [0.1, 0.15) is 11.4 Å². The SMILES string of the molecule is CC(C)(C)OC(=O)NCc1cc(-c2ccc(C#CSI)cc2)c2c(c1CO)CCO2. The van der Waals surface area contributed by atoms with Crippen LogP contribution < -0.4 is 10.1 Å². The first-order valence-corrected chi connectivity index (χ1v) is 13.0. The van der Waals surface area contributed by atoms with Crippen molar-refractivity contribution >= 4 is 36.2 Å². The molecule has 1 heterocycles. The smallest absolute Gasteiger partial charge is 0.407 e. The van der Waals surface area contributed by atoms with Crippen molar-refractivity contribution in [1.29, 1.82) is 0 Å². The summed E-state index contributed by atoms with van der Waals surface area (Å²) < 4.78 is 11.2. The molecule has 0 saturated heterocycles. The average molecular weight is 537 g/mol. The Labute approximate surface area is 193 Å². The number of aliphatic hydroxyl groups excluding tert-OH is 1. The van der Waals surface area contributed by atoms with Crippen LogP contribution in [0.25, 0.3) is 11.1 Å². The normalized spacial score (nSPS) is 12.4. The van der Waals surface area contributed by atoms with E-state index in [-0.39, 0.29) is 13.2 Å². The minimum absolute atomic E-state index is 0.111. The number of fused-ring (bicyclic) bond motifs is 1. The highest BCUT2D eigenvalue weighted by molar-refractivity contribution is 14.2. The fraction of sp³-hybridized carbons (Fsp3) is 0.348. The van der Waals surface area contributed by atoms with Crippen LogP contribution in [-0.2, 0) is 24.3 Å². The maximum absolute atomic E-state index is 12.1. The molecule has 0 aromatic heterocycles. The molecule has 0 unspecified atom stereocenters. The molecular formula is C23H24INO4S. The van der Waals surface area contributed by atoms with Crippen LogP contribution in [0.5, 0.6) is 5.75 Å². The summed E-state index contributed by atoms with van der Waals surface area (Å²) in [5.74, 6) is 3.89. The maximum atomic E-state index is 12.1. The fourth-order valence-electron chi connectivity index (χ4n) is 3.37. The van der Waals surface area contributed by atoms with Crippen molar-refractivity contribution in [2.24, 2.45) is 0 Å². The maximum Gasteiger partial charge on any atom is 0.407 e. The molecule has 0 radical (unpaired) electrons. The van der Waals surface area contributed by atoms with Gasteiger partial charge in [-0.1, -0.05) is 18.1 Å². The summed E-state index contributed by atoms with van der Waals surface area (Å²) in [6.45, 7) is 6.20. The lowest BCUT2D eigenvalue weighted by molar-refractivity contribution is 0.0523. The Balaban J connectivity index is 1.93. The molecule has 7 heteroatoms. The van der Waals surface area contributed by atoms with E-state index in [0.717, 1.165) is 45.6 Å². The molecule has 0 saturated carbocycles. The van der Waals surface area contributed by atoms with Crippen molar-refractivity contribution in [3.63, 3.8) is 0 Å². The number of hydrogen-bond acceptors (Lipinski definition) is 5. The Morgan fingerprint density at radius 1 is 1.33 bits per heavy atom. The second-order valence-electron chi connectivity index (χ2n) is 7.86. The van der Waals surface area contributed by atoms with Crippen LogP contribution in [0, 0.1) is 11.2 Å². The molecule has 0 spiro atoms. The van der Waals surface area contributed by atoms with Crippen molar-refractivity contribution < 1.29 is 19.4 Å². The lowest BCUT2D eigenvalue weighted by Gasteiger charge is -2.21. The molecule has 0 atom stereocenters. The van der Waals surface area contributed by atoms with Crippen molar-refractivity contribution in [3.8, 4) is 28.0 Å². The molecule has 2 aromatic rings. The fourth-order valence-corrected chi connectivity index (χ4v) is 3.85. The van der Waals surface area contributed by atoms with Gasteiger partial charge < -0.3 is 19.9 Å². The topological polar surface area (TPSA) is 67.8 Å². The molecule has 5 nitrogen and oxygen atoms in total. The number of carbonyl (C=O) groups is 1. The van der Waals surface area contributed by atoms with Crippen LogP contribution in [0.2, 0.25) is 0 Å². The van der Waals surface area contributed by atoms with E-state index in [0.29, 0.717) is 6.61 Å². The van der Waals surface area contributed by atoms with Crippen LogP contribution in [-0.4, -0.2) is 23.4 Å². The second-order valence-corrected chi connectivity index (χ2v) is 9.54.